The van der Waals surface area contributed by atoms with E-state index in [-0.39, 0.29) is 11.6 Å². The van der Waals surface area contributed by atoms with Gasteiger partial charge in [-0.1, -0.05) is 0 Å². The van der Waals surface area contributed by atoms with Gasteiger partial charge < -0.3 is 10.0 Å². The second-order valence-electron chi connectivity index (χ2n) is 5.36. The molecule has 1 N–H and O–H groups in total. The molecular weight excluding hydrogens is 325 g/mol. The molecule has 1 aliphatic heterocycles. The molecular formula is C15H13F3N4O2. The molecule has 24 heavy (non-hydrogen) atoms. The van der Waals surface area contributed by atoms with Crippen molar-refractivity contribution in [2.75, 3.05) is 11.4 Å². The predicted octanol–water partition coefficient (Wildman–Crippen LogP) is 2.61. The van der Waals surface area contributed by atoms with Gasteiger partial charge in [0, 0.05) is 30.6 Å². The van der Waals surface area contributed by atoms with Crippen LogP contribution in [-0.4, -0.2) is 38.6 Å². The normalized spacial score (nSPS) is 18.0. The van der Waals surface area contributed by atoms with Crippen LogP contribution in [0.1, 0.15) is 18.5 Å². The standard InChI is InChI=1S/C15H13F3N4O2/c16-15(17,18)11-8-12(22-7-1-2-10(22)14(23)24)21-13(20-11)9-3-5-19-6-4-9/h3-6,8,10H,1-2,7H2,(H,23,24)/t10-/m0/s1. The van der Waals surface area contributed by atoms with Gasteiger partial charge >= 0.3 is 12.1 Å². The maximum Gasteiger partial charge on any atom is 0.433 e. The molecule has 2 aromatic rings. The first-order valence-corrected chi connectivity index (χ1v) is 7.22. The van der Waals surface area contributed by atoms with Crippen LogP contribution >= 0.6 is 0 Å². The van der Waals surface area contributed by atoms with Crippen molar-refractivity contribution in [2.45, 2.75) is 25.1 Å². The summed E-state index contributed by atoms with van der Waals surface area (Å²) in [6, 6.07) is 2.91. The van der Waals surface area contributed by atoms with Crippen LogP contribution < -0.4 is 4.90 Å². The van der Waals surface area contributed by atoms with Crippen LogP contribution in [0.2, 0.25) is 0 Å². The van der Waals surface area contributed by atoms with Crippen molar-refractivity contribution in [3.8, 4) is 11.4 Å². The molecule has 1 atom stereocenters. The van der Waals surface area contributed by atoms with Crippen molar-refractivity contribution >= 4 is 11.8 Å². The molecule has 0 amide bonds. The number of carboxylic acid groups (broad SMARTS) is 1. The van der Waals surface area contributed by atoms with Gasteiger partial charge in [0.05, 0.1) is 0 Å². The summed E-state index contributed by atoms with van der Waals surface area (Å²) >= 11 is 0. The zero-order valence-electron chi connectivity index (χ0n) is 12.4. The first-order chi connectivity index (χ1) is 11.4. The largest absolute Gasteiger partial charge is 0.480 e. The minimum absolute atomic E-state index is 0.0333. The second-order valence-corrected chi connectivity index (χ2v) is 5.36. The van der Waals surface area contributed by atoms with Crippen LogP contribution in [-0.2, 0) is 11.0 Å². The van der Waals surface area contributed by atoms with Crippen molar-refractivity contribution < 1.29 is 23.1 Å². The Hall–Kier alpha value is -2.71. The van der Waals surface area contributed by atoms with Crippen LogP contribution in [0, 0.1) is 0 Å². The van der Waals surface area contributed by atoms with E-state index in [0.717, 1.165) is 6.07 Å². The third-order valence-electron chi connectivity index (χ3n) is 3.77. The lowest BCUT2D eigenvalue weighted by atomic mass is 10.2. The monoisotopic (exact) mass is 338 g/mol. The molecule has 1 aliphatic rings. The number of aliphatic carboxylic acids is 1. The van der Waals surface area contributed by atoms with E-state index in [1.807, 2.05) is 0 Å². The summed E-state index contributed by atoms with van der Waals surface area (Å²) in [5.74, 6) is -1.22. The van der Waals surface area contributed by atoms with Gasteiger partial charge in [-0.05, 0) is 25.0 Å². The van der Waals surface area contributed by atoms with Crippen LogP contribution in [0.4, 0.5) is 19.0 Å². The summed E-state index contributed by atoms with van der Waals surface area (Å²) in [6.45, 7) is 0.334. The number of hydrogen-bond donors (Lipinski definition) is 1. The van der Waals surface area contributed by atoms with Crippen molar-refractivity contribution in [2.24, 2.45) is 0 Å². The highest BCUT2D eigenvalue weighted by molar-refractivity contribution is 5.78. The van der Waals surface area contributed by atoms with E-state index in [9.17, 15) is 23.1 Å². The average molecular weight is 338 g/mol. The molecule has 0 spiro atoms. The number of halogens is 3. The number of anilines is 1. The minimum Gasteiger partial charge on any atom is -0.480 e. The molecule has 3 heterocycles. The summed E-state index contributed by atoms with van der Waals surface area (Å²) < 4.78 is 39.5. The van der Waals surface area contributed by atoms with E-state index in [0.29, 0.717) is 24.9 Å². The first-order valence-electron chi connectivity index (χ1n) is 7.22. The van der Waals surface area contributed by atoms with Gasteiger partial charge in [0.2, 0.25) is 0 Å². The van der Waals surface area contributed by atoms with E-state index in [2.05, 4.69) is 15.0 Å². The Morgan fingerprint density at radius 1 is 1.25 bits per heavy atom. The summed E-state index contributed by atoms with van der Waals surface area (Å²) in [4.78, 5) is 24.2. The molecule has 0 saturated carbocycles. The van der Waals surface area contributed by atoms with Gasteiger partial charge in [-0.3, -0.25) is 4.98 Å². The molecule has 0 radical (unpaired) electrons. The number of carbonyl (C=O) groups is 1. The number of pyridine rings is 1. The minimum atomic E-state index is -4.65. The Labute approximate surface area is 135 Å². The van der Waals surface area contributed by atoms with Gasteiger partial charge in [-0.25, -0.2) is 14.8 Å². The third kappa shape index (κ3) is 3.15. The van der Waals surface area contributed by atoms with E-state index < -0.39 is 23.9 Å². The zero-order chi connectivity index (χ0) is 17.3. The van der Waals surface area contributed by atoms with Gasteiger partial charge in [0.25, 0.3) is 0 Å². The average Bonchev–Trinajstić information content (AvgIpc) is 3.04. The van der Waals surface area contributed by atoms with Crippen LogP contribution in [0.15, 0.2) is 30.6 Å². The van der Waals surface area contributed by atoms with Crippen LogP contribution in [0.3, 0.4) is 0 Å². The number of alkyl halides is 3. The summed E-state index contributed by atoms with van der Waals surface area (Å²) in [6.07, 6.45) is -0.862. The van der Waals surface area contributed by atoms with E-state index in [1.54, 1.807) is 0 Å². The Bertz CT molecular complexity index is 752. The number of rotatable bonds is 3. The van der Waals surface area contributed by atoms with Crippen LogP contribution in [0.5, 0.6) is 0 Å². The van der Waals surface area contributed by atoms with Crippen molar-refractivity contribution in [3.63, 3.8) is 0 Å². The molecule has 6 nitrogen and oxygen atoms in total. The van der Waals surface area contributed by atoms with Gasteiger partial charge in [-0.15, -0.1) is 0 Å². The smallest absolute Gasteiger partial charge is 0.433 e. The topological polar surface area (TPSA) is 79.2 Å². The van der Waals surface area contributed by atoms with Crippen molar-refractivity contribution in [1.82, 2.24) is 15.0 Å². The molecule has 0 aromatic carbocycles. The highest BCUT2D eigenvalue weighted by Crippen LogP contribution is 2.33. The summed E-state index contributed by atoms with van der Waals surface area (Å²) in [5.41, 5.74) is -0.723. The fraction of sp³-hybridized carbons (Fsp3) is 0.333. The lowest BCUT2D eigenvalue weighted by molar-refractivity contribution is -0.141. The van der Waals surface area contributed by atoms with E-state index in [4.69, 9.17) is 0 Å². The number of aromatic nitrogens is 3. The zero-order valence-corrected chi connectivity index (χ0v) is 12.4. The number of hydrogen-bond acceptors (Lipinski definition) is 5. The lowest BCUT2D eigenvalue weighted by Gasteiger charge is -2.23. The maximum absolute atomic E-state index is 13.2. The molecule has 3 rings (SSSR count). The Balaban J connectivity index is 2.11. The highest BCUT2D eigenvalue weighted by Gasteiger charge is 2.37. The van der Waals surface area contributed by atoms with Crippen molar-refractivity contribution in [3.05, 3.63) is 36.3 Å². The van der Waals surface area contributed by atoms with Gasteiger partial charge in [0.15, 0.2) is 11.5 Å². The third-order valence-corrected chi connectivity index (χ3v) is 3.77. The van der Waals surface area contributed by atoms with E-state index in [1.165, 1.54) is 29.4 Å². The summed E-state index contributed by atoms with van der Waals surface area (Å²) in [5, 5.41) is 9.24. The fourth-order valence-electron chi connectivity index (χ4n) is 2.65. The molecule has 0 unspecified atom stereocenters. The lowest BCUT2D eigenvalue weighted by Crippen LogP contribution is -2.36. The Morgan fingerprint density at radius 2 is 1.96 bits per heavy atom. The number of carboxylic acids is 1. The summed E-state index contributed by atoms with van der Waals surface area (Å²) in [7, 11) is 0. The first kappa shape index (κ1) is 16.2. The van der Waals surface area contributed by atoms with E-state index >= 15 is 0 Å². The molecule has 0 bridgehead atoms. The predicted molar refractivity (Wildman–Crippen MR) is 78.3 cm³/mol. The Kier molecular flexibility index (Phi) is 4.08. The highest BCUT2D eigenvalue weighted by atomic mass is 19.4. The molecule has 0 aliphatic carbocycles. The Morgan fingerprint density at radius 3 is 2.58 bits per heavy atom. The van der Waals surface area contributed by atoms with Gasteiger partial charge in [-0.2, -0.15) is 13.2 Å². The maximum atomic E-state index is 13.2. The van der Waals surface area contributed by atoms with Gasteiger partial charge in [0.1, 0.15) is 11.9 Å². The molecule has 9 heteroatoms. The molecule has 126 valence electrons. The second kappa shape index (κ2) is 6.06. The number of nitrogens with zero attached hydrogens (tertiary/aromatic N) is 4. The van der Waals surface area contributed by atoms with Crippen LogP contribution in [0.25, 0.3) is 11.4 Å². The molecule has 2 aromatic heterocycles. The quantitative estimate of drug-likeness (QED) is 0.927. The van der Waals surface area contributed by atoms with Crippen molar-refractivity contribution in [1.29, 1.82) is 0 Å². The SMILES string of the molecule is O=C(O)[C@@H]1CCCN1c1cc(C(F)(F)F)nc(-c2ccncc2)n1. The fourth-order valence-corrected chi connectivity index (χ4v) is 2.65. The molecule has 1 fully saturated rings. The molecule has 1 saturated heterocycles.